The predicted octanol–water partition coefficient (Wildman–Crippen LogP) is 3.63. The fourth-order valence-electron chi connectivity index (χ4n) is 5.24. The average molecular weight is 576 g/mol. The lowest BCUT2D eigenvalue weighted by Crippen LogP contribution is -2.40. The smallest absolute Gasteiger partial charge is 0.338 e. The molecule has 2 aromatic heterocycles. The van der Waals surface area contributed by atoms with E-state index in [-0.39, 0.29) is 24.3 Å². The van der Waals surface area contributed by atoms with Crippen LogP contribution in [0.4, 0.5) is 0 Å². The van der Waals surface area contributed by atoms with E-state index in [0.717, 1.165) is 22.2 Å². The minimum atomic E-state index is -0.839. The summed E-state index contributed by atoms with van der Waals surface area (Å²) in [6.45, 7) is 6.35. The first kappa shape index (κ1) is 28.4. The van der Waals surface area contributed by atoms with Crippen LogP contribution in [0.5, 0.6) is 11.5 Å². The molecule has 0 saturated heterocycles. The third-order valence-electron chi connectivity index (χ3n) is 7.30. The highest BCUT2D eigenvalue weighted by Gasteiger charge is 2.36. The lowest BCUT2D eigenvalue weighted by molar-refractivity contribution is -0.140. The number of nitrogens with zero attached hydrogens (tertiary/aromatic N) is 3. The molecule has 9 nitrogen and oxygen atoms in total. The number of esters is 1. The van der Waals surface area contributed by atoms with Gasteiger partial charge in [0, 0.05) is 41.9 Å². The Morgan fingerprint density at radius 2 is 1.88 bits per heavy atom. The molecule has 2 aromatic carbocycles. The maximum atomic E-state index is 14.2. The topological polar surface area (TPSA) is 93.3 Å². The molecule has 3 heterocycles. The third-order valence-corrected chi connectivity index (χ3v) is 8.28. The van der Waals surface area contributed by atoms with E-state index in [1.54, 1.807) is 24.7 Å². The minimum absolute atomic E-state index is 0.0695. The lowest BCUT2D eigenvalue weighted by Gasteiger charge is -2.27. The van der Waals surface area contributed by atoms with Crippen molar-refractivity contribution >= 4 is 34.3 Å². The van der Waals surface area contributed by atoms with Gasteiger partial charge in [0.2, 0.25) is 0 Å². The number of ether oxygens (including phenoxy) is 4. The zero-order valence-corrected chi connectivity index (χ0v) is 24.8. The van der Waals surface area contributed by atoms with Crippen molar-refractivity contribution < 1.29 is 23.7 Å². The first-order valence-corrected chi connectivity index (χ1v) is 14.2. The quantitative estimate of drug-likeness (QED) is 0.224. The van der Waals surface area contributed by atoms with E-state index in [1.165, 1.54) is 18.4 Å². The summed E-state index contributed by atoms with van der Waals surface area (Å²) in [4.78, 5) is 32.9. The summed E-state index contributed by atoms with van der Waals surface area (Å²) in [5, 5.41) is 1.06. The Hall–Kier alpha value is -4.15. The van der Waals surface area contributed by atoms with Crippen molar-refractivity contribution in [3.05, 3.63) is 90.2 Å². The van der Waals surface area contributed by atoms with Gasteiger partial charge in [0.25, 0.3) is 5.56 Å². The molecule has 0 radical (unpaired) electrons. The third kappa shape index (κ3) is 4.98. The molecule has 0 aliphatic carbocycles. The van der Waals surface area contributed by atoms with Crippen molar-refractivity contribution in [2.24, 2.45) is 12.0 Å². The molecule has 1 aliphatic heterocycles. The van der Waals surface area contributed by atoms with Gasteiger partial charge in [0.05, 0.1) is 36.1 Å². The summed E-state index contributed by atoms with van der Waals surface area (Å²) >= 11 is 1.29. The predicted molar refractivity (Wildman–Crippen MR) is 158 cm³/mol. The number of thiazole rings is 1. The van der Waals surface area contributed by atoms with Gasteiger partial charge in [-0.2, -0.15) is 0 Å². The van der Waals surface area contributed by atoms with Gasteiger partial charge >= 0.3 is 5.97 Å². The van der Waals surface area contributed by atoms with E-state index in [4.69, 9.17) is 23.9 Å². The summed E-state index contributed by atoms with van der Waals surface area (Å²) in [6, 6.07) is 12.7. The normalized spacial score (nSPS) is 15.2. The van der Waals surface area contributed by atoms with Crippen LogP contribution in [0.25, 0.3) is 17.0 Å². The van der Waals surface area contributed by atoms with Crippen LogP contribution >= 0.6 is 11.3 Å². The Morgan fingerprint density at radius 3 is 2.61 bits per heavy atom. The van der Waals surface area contributed by atoms with Crippen LogP contribution in [0.3, 0.4) is 0 Å². The number of carbonyl (C=O) groups is 1. The second kappa shape index (κ2) is 11.8. The van der Waals surface area contributed by atoms with E-state index in [1.807, 2.05) is 51.2 Å². The molecule has 0 amide bonds. The Kier molecular flexibility index (Phi) is 8.14. The maximum absolute atomic E-state index is 14.2. The van der Waals surface area contributed by atoms with Gasteiger partial charge in [-0.1, -0.05) is 41.7 Å². The van der Waals surface area contributed by atoms with Crippen molar-refractivity contribution in [3.63, 3.8) is 0 Å². The summed E-state index contributed by atoms with van der Waals surface area (Å²) in [7, 11) is 5.11. The number of rotatable bonds is 9. The van der Waals surface area contributed by atoms with E-state index in [0.29, 0.717) is 38.7 Å². The molecule has 214 valence electrons. The first-order valence-electron chi connectivity index (χ1n) is 13.3. The van der Waals surface area contributed by atoms with Crippen molar-refractivity contribution in [3.8, 4) is 11.5 Å². The Balaban J connectivity index is 1.77. The monoisotopic (exact) mass is 575 g/mol. The van der Waals surface area contributed by atoms with Crippen molar-refractivity contribution in [1.29, 1.82) is 0 Å². The molecule has 0 N–H and O–H groups in total. The molecule has 0 unspecified atom stereocenters. The van der Waals surface area contributed by atoms with Crippen LogP contribution in [-0.4, -0.2) is 49.1 Å². The van der Waals surface area contributed by atoms with Gasteiger partial charge in [-0.15, -0.1) is 0 Å². The van der Waals surface area contributed by atoms with E-state index < -0.39 is 12.0 Å². The summed E-state index contributed by atoms with van der Waals surface area (Å²) in [5.41, 5.74) is 4.16. The highest BCUT2D eigenvalue weighted by atomic mass is 32.1. The van der Waals surface area contributed by atoms with Gasteiger partial charge in [-0.05, 0) is 39.0 Å². The number of aromatic nitrogens is 2. The van der Waals surface area contributed by atoms with E-state index in [2.05, 4.69) is 16.7 Å². The summed E-state index contributed by atoms with van der Waals surface area (Å²) in [5.74, 6) is 0.385. The zero-order chi connectivity index (χ0) is 29.3. The number of aryl methyl sites for hydroxylation is 1. The molecule has 1 aliphatic rings. The molecule has 0 saturated carbocycles. The Morgan fingerprint density at radius 1 is 1.10 bits per heavy atom. The molecule has 10 heteroatoms. The summed E-state index contributed by atoms with van der Waals surface area (Å²) in [6.07, 6.45) is 1.92. The molecular formula is C31H33N3O6S. The second-order valence-corrected chi connectivity index (χ2v) is 10.6. The van der Waals surface area contributed by atoms with E-state index in [9.17, 15) is 9.59 Å². The maximum Gasteiger partial charge on any atom is 0.338 e. The minimum Gasteiger partial charge on any atom is -0.493 e. The van der Waals surface area contributed by atoms with Gasteiger partial charge in [-0.3, -0.25) is 9.36 Å². The van der Waals surface area contributed by atoms with Crippen LogP contribution in [0.15, 0.2) is 63.5 Å². The van der Waals surface area contributed by atoms with E-state index >= 15 is 0 Å². The largest absolute Gasteiger partial charge is 0.493 e. The highest BCUT2D eigenvalue weighted by Crippen LogP contribution is 2.40. The van der Waals surface area contributed by atoms with Crippen molar-refractivity contribution in [2.45, 2.75) is 26.8 Å². The van der Waals surface area contributed by atoms with Crippen LogP contribution in [0.2, 0.25) is 0 Å². The Bertz CT molecular complexity index is 1850. The van der Waals surface area contributed by atoms with Gasteiger partial charge in [0.15, 0.2) is 16.3 Å². The molecule has 0 bridgehead atoms. The molecule has 5 rings (SSSR count). The van der Waals surface area contributed by atoms with Crippen molar-refractivity contribution in [2.75, 3.05) is 34.0 Å². The highest BCUT2D eigenvalue weighted by molar-refractivity contribution is 7.07. The number of carbonyl (C=O) groups excluding carboxylic acids is 1. The summed E-state index contributed by atoms with van der Waals surface area (Å²) < 4.78 is 26.4. The SMILES string of the molecule is CCOc1c(OC)cccc1[C@@H]1C(C(=O)OCCOC)=C(C)N=c2s/c(=C/c3c(C)n(C)c4ccccc34)c(=O)n21. The zero-order valence-electron chi connectivity index (χ0n) is 24.0. The number of para-hydroxylation sites is 2. The number of hydrogen-bond donors (Lipinski definition) is 0. The fourth-order valence-corrected chi connectivity index (χ4v) is 6.27. The van der Waals surface area contributed by atoms with Crippen LogP contribution in [-0.2, 0) is 21.3 Å². The molecule has 4 aromatic rings. The second-order valence-electron chi connectivity index (χ2n) is 9.60. The molecule has 1 atom stereocenters. The standard InChI is InChI=1S/C31H33N3O6S/c1-7-39-28-21(12-10-14-24(28)38-6)27-26(30(36)40-16-15-37-5)18(2)32-31-34(27)29(35)25(41-31)17-22-19(3)33(4)23-13-9-8-11-20(22)23/h8-14,17,27H,7,15-16H2,1-6H3/b25-17+/t27-/m1/s1. The van der Waals surface area contributed by atoms with Crippen LogP contribution in [0.1, 0.15) is 36.7 Å². The van der Waals surface area contributed by atoms with Gasteiger partial charge < -0.3 is 23.5 Å². The Labute approximate surface area is 241 Å². The van der Waals surface area contributed by atoms with Gasteiger partial charge in [-0.25, -0.2) is 9.79 Å². The number of methoxy groups -OCH3 is 2. The van der Waals surface area contributed by atoms with Crippen LogP contribution in [0, 0.1) is 6.92 Å². The fraction of sp³-hybridized carbons (Fsp3) is 0.323. The van der Waals surface area contributed by atoms with Gasteiger partial charge in [0.1, 0.15) is 12.6 Å². The molecule has 41 heavy (non-hydrogen) atoms. The average Bonchev–Trinajstić information content (AvgIpc) is 3.40. The number of allylic oxidation sites excluding steroid dienone is 1. The number of hydrogen-bond acceptors (Lipinski definition) is 8. The number of fused-ring (bicyclic) bond motifs is 2. The first-order chi connectivity index (χ1) is 19.8. The molecule has 0 spiro atoms. The lowest BCUT2D eigenvalue weighted by atomic mass is 9.94. The van der Waals surface area contributed by atoms with Crippen molar-refractivity contribution in [1.82, 2.24) is 9.13 Å². The van der Waals surface area contributed by atoms with Crippen LogP contribution < -0.4 is 24.4 Å². The molecular weight excluding hydrogens is 542 g/mol. The number of benzene rings is 2. The molecule has 0 fully saturated rings.